The van der Waals surface area contributed by atoms with Gasteiger partial charge in [0, 0.05) is 49.9 Å². The number of fused-ring (bicyclic) bond motifs is 2. The van der Waals surface area contributed by atoms with E-state index in [-0.39, 0.29) is 17.3 Å². The Labute approximate surface area is 173 Å². The van der Waals surface area contributed by atoms with Gasteiger partial charge in [0.15, 0.2) is 5.76 Å². The van der Waals surface area contributed by atoms with Crippen molar-refractivity contribution in [2.24, 2.45) is 0 Å². The molecular formula is C23H20N4O3. The maximum atomic E-state index is 13.0. The molecule has 30 heavy (non-hydrogen) atoms. The number of benzene rings is 1. The van der Waals surface area contributed by atoms with Crippen LogP contribution in [0.2, 0.25) is 0 Å². The Bertz CT molecular complexity index is 1230. The number of nitrogens with one attached hydrogen (secondary N) is 2. The van der Waals surface area contributed by atoms with Crippen LogP contribution in [0, 0.1) is 12.3 Å². The Balaban J connectivity index is 1.49. The second-order valence-corrected chi connectivity index (χ2v) is 7.39. The number of pyridine rings is 1. The molecule has 2 aliphatic heterocycles. The minimum Gasteiger partial charge on any atom is -0.507 e. The average Bonchev–Trinajstić information content (AvgIpc) is 3.32. The van der Waals surface area contributed by atoms with E-state index in [1.54, 1.807) is 30.5 Å². The second kappa shape index (κ2) is 7.34. The summed E-state index contributed by atoms with van der Waals surface area (Å²) in [5.74, 6) is 3.11. The van der Waals surface area contributed by atoms with Gasteiger partial charge < -0.3 is 20.1 Å². The highest BCUT2D eigenvalue weighted by atomic mass is 16.5. The van der Waals surface area contributed by atoms with Crippen LogP contribution in [-0.4, -0.2) is 51.9 Å². The monoisotopic (exact) mass is 400 g/mol. The first-order valence-electron chi connectivity index (χ1n) is 9.81. The molecule has 3 N–H and O–H groups in total. The van der Waals surface area contributed by atoms with E-state index in [2.05, 4.69) is 26.1 Å². The Morgan fingerprint density at radius 3 is 2.90 bits per heavy atom. The molecule has 0 radical (unpaired) electrons. The number of ketones is 1. The molecule has 1 saturated heterocycles. The summed E-state index contributed by atoms with van der Waals surface area (Å²) < 4.78 is 5.98. The van der Waals surface area contributed by atoms with Gasteiger partial charge in [-0.2, -0.15) is 0 Å². The van der Waals surface area contributed by atoms with Crippen LogP contribution in [0.1, 0.15) is 27.2 Å². The van der Waals surface area contributed by atoms with Crippen molar-refractivity contribution >= 4 is 22.9 Å². The summed E-state index contributed by atoms with van der Waals surface area (Å²) in [5, 5.41) is 14.6. The summed E-state index contributed by atoms with van der Waals surface area (Å²) in [6, 6.07) is 6.81. The van der Waals surface area contributed by atoms with Gasteiger partial charge in [-0.15, -0.1) is 6.42 Å². The fourth-order valence-corrected chi connectivity index (χ4v) is 3.91. The zero-order chi connectivity index (χ0) is 20.7. The van der Waals surface area contributed by atoms with E-state index in [1.165, 1.54) is 0 Å². The molecule has 7 nitrogen and oxygen atoms in total. The molecule has 5 rings (SSSR count). The molecule has 0 saturated carbocycles. The highest BCUT2D eigenvalue weighted by Crippen LogP contribution is 2.40. The summed E-state index contributed by atoms with van der Waals surface area (Å²) in [6.07, 6.45) is 8.88. The van der Waals surface area contributed by atoms with Gasteiger partial charge in [-0.1, -0.05) is 5.92 Å². The van der Waals surface area contributed by atoms with Crippen molar-refractivity contribution in [2.75, 3.05) is 26.2 Å². The van der Waals surface area contributed by atoms with Gasteiger partial charge >= 0.3 is 0 Å². The minimum atomic E-state index is -0.200. The Kier molecular flexibility index (Phi) is 4.51. The molecule has 4 heterocycles. The number of phenols is 1. The lowest BCUT2D eigenvalue weighted by atomic mass is 10.0. The number of H-pyrrole nitrogens is 1. The Morgan fingerprint density at radius 2 is 2.10 bits per heavy atom. The van der Waals surface area contributed by atoms with Crippen LogP contribution < -0.4 is 10.1 Å². The van der Waals surface area contributed by atoms with E-state index in [0.29, 0.717) is 34.8 Å². The number of Topliss-reactive ketones (excluding diaryl/α,β-unsaturated/α-hetero) is 1. The molecular weight excluding hydrogens is 380 g/mol. The number of aromatic hydroxyl groups is 1. The largest absolute Gasteiger partial charge is 0.507 e. The number of aromatic nitrogens is 2. The summed E-state index contributed by atoms with van der Waals surface area (Å²) >= 11 is 0. The molecule has 0 amide bonds. The van der Waals surface area contributed by atoms with Crippen LogP contribution in [0.15, 0.2) is 36.2 Å². The second-order valence-electron chi connectivity index (χ2n) is 7.39. The van der Waals surface area contributed by atoms with Gasteiger partial charge in [-0.3, -0.25) is 9.69 Å². The number of carbonyl (C=O) groups excluding carboxylic acids is 1. The normalized spacial score (nSPS) is 17.8. The van der Waals surface area contributed by atoms with E-state index in [0.717, 1.165) is 37.1 Å². The smallest absolute Gasteiger partial charge is 0.231 e. The van der Waals surface area contributed by atoms with Crippen LogP contribution in [-0.2, 0) is 6.54 Å². The lowest BCUT2D eigenvalue weighted by Gasteiger charge is -2.27. The molecule has 0 spiro atoms. The number of rotatable bonds is 3. The molecule has 1 aromatic carbocycles. The molecule has 0 atom stereocenters. The fraction of sp³-hybridized carbons (Fsp3) is 0.217. The van der Waals surface area contributed by atoms with E-state index in [1.807, 2.05) is 6.07 Å². The van der Waals surface area contributed by atoms with Crippen molar-refractivity contribution < 1.29 is 14.6 Å². The van der Waals surface area contributed by atoms with Crippen LogP contribution in [0.3, 0.4) is 0 Å². The Hall–Kier alpha value is -3.60. The number of terminal acetylenes is 1. The SMILES string of the molecule is C#Cc1ccc2c(/C=C3\Oc4c(ccc(O)c4CN4CCNCC4)C3=O)c[nH]c2n1. The maximum Gasteiger partial charge on any atom is 0.231 e. The third kappa shape index (κ3) is 3.12. The third-order valence-electron chi connectivity index (χ3n) is 5.51. The number of ether oxygens (including phenoxy) is 1. The molecule has 2 aromatic heterocycles. The minimum absolute atomic E-state index is 0.138. The van der Waals surface area contributed by atoms with E-state index >= 15 is 0 Å². The van der Waals surface area contributed by atoms with E-state index in [4.69, 9.17) is 11.2 Å². The number of hydrogen-bond donors (Lipinski definition) is 3. The zero-order valence-electron chi connectivity index (χ0n) is 16.2. The zero-order valence-corrected chi connectivity index (χ0v) is 16.2. The predicted molar refractivity (Wildman–Crippen MR) is 113 cm³/mol. The van der Waals surface area contributed by atoms with Crippen LogP contribution >= 0.6 is 0 Å². The lowest BCUT2D eigenvalue weighted by Crippen LogP contribution is -2.42. The average molecular weight is 400 g/mol. The van der Waals surface area contributed by atoms with Crippen molar-refractivity contribution in [1.29, 1.82) is 0 Å². The molecule has 0 aliphatic carbocycles. The molecule has 7 heteroatoms. The molecule has 1 fully saturated rings. The molecule has 0 unspecified atom stereocenters. The fourth-order valence-electron chi connectivity index (χ4n) is 3.91. The first-order chi connectivity index (χ1) is 14.6. The number of aromatic amines is 1. The van der Waals surface area contributed by atoms with Gasteiger partial charge in [0.1, 0.15) is 22.8 Å². The van der Waals surface area contributed by atoms with Gasteiger partial charge in [-0.05, 0) is 30.3 Å². The highest BCUT2D eigenvalue weighted by molar-refractivity contribution is 6.15. The van der Waals surface area contributed by atoms with Crippen molar-refractivity contribution in [3.8, 4) is 23.8 Å². The maximum absolute atomic E-state index is 13.0. The molecule has 150 valence electrons. The number of phenolic OH excluding ortho intramolecular Hbond substituents is 1. The van der Waals surface area contributed by atoms with Crippen molar-refractivity contribution in [2.45, 2.75) is 6.54 Å². The van der Waals surface area contributed by atoms with Gasteiger partial charge in [0.25, 0.3) is 0 Å². The van der Waals surface area contributed by atoms with Crippen LogP contribution in [0.25, 0.3) is 17.1 Å². The number of nitrogens with zero attached hydrogens (tertiary/aromatic N) is 2. The van der Waals surface area contributed by atoms with Crippen LogP contribution in [0.4, 0.5) is 0 Å². The number of piperazine rings is 1. The lowest BCUT2D eigenvalue weighted by molar-refractivity contribution is 0.101. The standard InChI is InChI=1S/C23H20N4O3/c1-2-15-3-4-16-14(12-25-23(16)26-15)11-20-21(29)17-5-6-19(28)18(22(17)30-20)13-27-9-7-24-8-10-27/h1,3-6,11-12,24,28H,7-10,13H2,(H,25,26)/b20-11-. The number of hydrogen-bond acceptors (Lipinski definition) is 6. The predicted octanol–water partition coefficient (Wildman–Crippen LogP) is 2.27. The summed E-state index contributed by atoms with van der Waals surface area (Å²) in [4.78, 5) is 22.6. The summed E-state index contributed by atoms with van der Waals surface area (Å²) in [5.41, 5.74) is 3.08. The van der Waals surface area contributed by atoms with Crippen molar-refractivity contribution in [1.82, 2.24) is 20.2 Å². The number of carbonyl (C=O) groups is 1. The highest BCUT2D eigenvalue weighted by Gasteiger charge is 2.32. The van der Waals surface area contributed by atoms with E-state index < -0.39 is 0 Å². The van der Waals surface area contributed by atoms with Crippen LogP contribution in [0.5, 0.6) is 11.5 Å². The van der Waals surface area contributed by atoms with Crippen molar-refractivity contribution in [3.63, 3.8) is 0 Å². The summed E-state index contributed by atoms with van der Waals surface area (Å²) in [6.45, 7) is 4.08. The molecule has 0 bridgehead atoms. The first-order valence-corrected chi connectivity index (χ1v) is 9.81. The quantitative estimate of drug-likeness (QED) is 0.462. The first kappa shape index (κ1) is 18.4. The molecule has 2 aliphatic rings. The van der Waals surface area contributed by atoms with Gasteiger partial charge in [0.05, 0.1) is 11.1 Å². The van der Waals surface area contributed by atoms with Crippen molar-refractivity contribution in [3.05, 3.63) is 58.6 Å². The Morgan fingerprint density at radius 1 is 1.27 bits per heavy atom. The summed E-state index contributed by atoms with van der Waals surface area (Å²) in [7, 11) is 0. The number of allylic oxidation sites excluding steroid dienone is 1. The van der Waals surface area contributed by atoms with Gasteiger partial charge in [-0.25, -0.2) is 4.98 Å². The van der Waals surface area contributed by atoms with Gasteiger partial charge in [0.2, 0.25) is 5.78 Å². The topological polar surface area (TPSA) is 90.5 Å². The van der Waals surface area contributed by atoms with E-state index in [9.17, 15) is 9.90 Å². The third-order valence-corrected chi connectivity index (χ3v) is 5.51. The molecule has 3 aromatic rings.